The zero-order valence-electron chi connectivity index (χ0n) is 41.7. The van der Waals surface area contributed by atoms with E-state index in [0.717, 1.165) is 0 Å². The highest BCUT2D eigenvalue weighted by Crippen LogP contribution is 2.51. The first-order chi connectivity index (χ1) is 36.3. The van der Waals surface area contributed by atoms with Gasteiger partial charge in [-0.25, -0.2) is 0 Å². The number of rotatable bonds is 10. The van der Waals surface area contributed by atoms with Crippen LogP contribution in [0.1, 0.15) is 118 Å². The van der Waals surface area contributed by atoms with E-state index in [4.69, 9.17) is 71.1 Å². The van der Waals surface area contributed by atoms with E-state index in [0.29, 0.717) is 141 Å². The first kappa shape index (κ1) is 48.7. The summed E-state index contributed by atoms with van der Waals surface area (Å²) in [4.78, 5) is 62.5. The lowest BCUT2D eigenvalue weighted by molar-refractivity contribution is -0.143. The summed E-state index contributed by atoms with van der Waals surface area (Å²) in [6.07, 6.45) is 0.969. The number of ether oxygens (including phenoxy) is 15. The third-order valence-electron chi connectivity index (χ3n) is 13.4. The monoisotopic (exact) mass is 1030 g/mol. The summed E-state index contributed by atoms with van der Waals surface area (Å²) in [7, 11) is 0. The molecule has 0 atom stereocenters. The molecule has 0 N–H and O–H groups in total. The van der Waals surface area contributed by atoms with Gasteiger partial charge in [0.2, 0.25) is 34.0 Å². The minimum Gasteiger partial charge on any atom is -0.461 e. The highest BCUT2D eigenvalue weighted by atomic mass is 16.7. The number of hydrogen-bond acceptors (Lipinski definition) is 20. The van der Waals surface area contributed by atoms with Crippen LogP contribution in [0.2, 0.25) is 0 Å². The Hall–Kier alpha value is -8.55. The predicted molar refractivity (Wildman–Crippen MR) is 254 cm³/mol. The quantitative estimate of drug-likeness (QED) is 0.100. The van der Waals surface area contributed by atoms with Crippen LogP contribution >= 0.6 is 0 Å². The second kappa shape index (κ2) is 20.0. The summed E-state index contributed by atoms with van der Waals surface area (Å²) in [5.41, 5.74) is 8.99. The topological polar surface area (TPSA) is 224 Å². The molecule has 0 radical (unpaired) electrons. The Morgan fingerprint density at radius 2 is 0.413 bits per heavy atom. The smallest absolute Gasteiger partial charge is 0.302 e. The van der Waals surface area contributed by atoms with Crippen molar-refractivity contribution in [3.05, 3.63) is 114 Å². The molecule has 10 bridgehead atoms. The minimum atomic E-state index is -0.535. The molecular formula is C55H50O20. The molecule has 5 aromatic rings. The van der Waals surface area contributed by atoms with Crippen molar-refractivity contribution >= 4 is 29.8 Å². The zero-order chi connectivity index (χ0) is 52.1. The molecule has 20 nitrogen and oxygen atoms in total. The molecule has 0 unspecified atom stereocenters. The normalized spacial score (nSPS) is 14.7. The van der Waals surface area contributed by atoms with E-state index in [9.17, 15) is 24.0 Å². The lowest BCUT2D eigenvalue weighted by atomic mass is 9.87. The fraction of sp³-hybridized carbons (Fsp3) is 0.364. The van der Waals surface area contributed by atoms with Gasteiger partial charge in [-0.3, -0.25) is 24.0 Å². The van der Waals surface area contributed by atoms with Crippen molar-refractivity contribution in [1.29, 1.82) is 0 Å². The SMILES string of the molecule is CC(=O)OCc1c2c3cc4c1OCOc1c(cc5c(c1COC(C)=O)OCOc1c(cc6c(c1COC(C)=O)OCOc1c(cc7c(c1COC(C)=O)OCOc1c(cc(c(c1COC(C)=O)OCO2)C3)C7)C6)C5)C4. The van der Waals surface area contributed by atoms with Crippen LogP contribution < -0.4 is 47.4 Å². The van der Waals surface area contributed by atoms with Crippen LogP contribution in [-0.2, 0) is 113 Å². The van der Waals surface area contributed by atoms with Gasteiger partial charge in [0.05, 0.1) is 27.8 Å². The van der Waals surface area contributed by atoms with Gasteiger partial charge in [0.1, 0.15) is 90.5 Å². The molecule has 390 valence electrons. The van der Waals surface area contributed by atoms with Crippen LogP contribution in [0.25, 0.3) is 0 Å². The van der Waals surface area contributed by atoms with Crippen molar-refractivity contribution in [2.45, 2.75) is 99.8 Å². The number of benzene rings is 5. The van der Waals surface area contributed by atoms with Gasteiger partial charge in [0, 0.05) is 66.7 Å². The van der Waals surface area contributed by atoms with Crippen LogP contribution in [-0.4, -0.2) is 63.8 Å². The minimum absolute atomic E-state index is 0.194. The Labute approximate surface area is 428 Å². The molecule has 5 heterocycles. The summed E-state index contributed by atoms with van der Waals surface area (Å²) in [5, 5.41) is 0. The first-order valence-corrected chi connectivity index (χ1v) is 24.1. The highest BCUT2D eigenvalue weighted by Gasteiger charge is 2.35. The first-order valence-electron chi connectivity index (χ1n) is 24.1. The third-order valence-corrected chi connectivity index (χ3v) is 13.4. The Kier molecular flexibility index (Phi) is 13.0. The maximum Gasteiger partial charge on any atom is 0.302 e. The highest BCUT2D eigenvalue weighted by molar-refractivity contribution is 5.71. The molecule has 1 aliphatic carbocycles. The fourth-order valence-electron chi connectivity index (χ4n) is 10.6. The molecule has 20 heteroatoms. The molecule has 5 aromatic carbocycles. The van der Waals surface area contributed by atoms with Crippen LogP contribution in [0.4, 0.5) is 0 Å². The Balaban J connectivity index is 1.22. The molecule has 0 saturated carbocycles. The van der Waals surface area contributed by atoms with Crippen molar-refractivity contribution in [3.8, 4) is 57.5 Å². The molecule has 0 spiro atoms. The molecule has 0 saturated heterocycles. The molecule has 0 amide bonds. The fourth-order valence-corrected chi connectivity index (χ4v) is 10.6. The Morgan fingerprint density at radius 3 is 0.533 bits per heavy atom. The van der Waals surface area contributed by atoms with E-state index in [1.807, 2.05) is 30.3 Å². The second-order valence-electron chi connectivity index (χ2n) is 18.5. The van der Waals surface area contributed by atoms with Crippen LogP contribution in [0, 0.1) is 0 Å². The maximum atomic E-state index is 12.5. The summed E-state index contributed by atoms with van der Waals surface area (Å²) in [6, 6.07) is 9.85. The van der Waals surface area contributed by atoms with Crippen molar-refractivity contribution in [2.75, 3.05) is 34.0 Å². The van der Waals surface area contributed by atoms with Crippen LogP contribution in [0.3, 0.4) is 0 Å². The number of carbonyl (C=O) groups excluding carboxylic acids is 5. The van der Waals surface area contributed by atoms with E-state index in [1.54, 1.807) is 0 Å². The van der Waals surface area contributed by atoms with Crippen LogP contribution in [0.15, 0.2) is 30.3 Å². The second-order valence-corrected chi connectivity index (χ2v) is 18.5. The van der Waals surface area contributed by atoms with Crippen LogP contribution in [0.5, 0.6) is 57.5 Å². The van der Waals surface area contributed by atoms with E-state index < -0.39 is 29.8 Å². The van der Waals surface area contributed by atoms with E-state index >= 15 is 0 Å². The van der Waals surface area contributed by atoms with Gasteiger partial charge in [0.25, 0.3) is 0 Å². The van der Waals surface area contributed by atoms with E-state index in [2.05, 4.69) is 0 Å². The summed E-state index contributed by atoms with van der Waals surface area (Å²) < 4.78 is 92.9. The number of esters is 5. The van der Waals surface area contributed by atoms with Gasteiger partial charge < -0.3 is 71.1 Å². The lowest BCUT2D eigenvalue weighted by Crippen LogP contribution is -2.23. The van der Waals surface area contributed by atoms with Crippen molar-refractivity contribution < 1.29 is 95.0 Å². The van der Waals surface area contributed by atoms with Gasteiger partial charge in [-0.15, -0.1) is 0 Å². The number of hydrogen-bond donors (Lipinski definition) is 0. The third kappa shape index (κ3) is 9.51. The molecule has 5 aliphatic heterocycles. The zero-order valence-corrected chi connectivity index (χ0v) is 41.7. The van der Waals surface area contributed by atoms with Gasteiger partial charge >= 0.3 is 29.8 Å². The summed E-state index contributed by atoms with van der Waals surface area (Å²) in [6.45, 7) is 3.76. The standard InChI is InChI=1S/C55H50O20/c1-26(56)61-16-41-46-31-6-32-12-34-8-36-14-38-10-40-15-39-9-37-13-35-7-33(11-31)48(68-21-66-46)42(17-62-27(2)57)50(35)70-23-72-52(37)44(19-64-29(4)59)54(39)74-25-75-55(40)45(20-65-30(5)60)53(38)73-24-71-51(36)43(18-63-28(3)58)49(34)69-22-67-47(32)41/h6-10H,11-25H2,1-5H3. The van der Waals surface area contributed by atoms with Crippen molar-refractivity contribution in [3.63, 3.8) is 0 Å². The number of carbonyl (C=O) groups is 5. The molecule has 75 heavy (non-hydrogen) atoms. The molecule has 0 fully saturated rings. The van der Waals surface area contributed by atoms with Crippen molar-refractivity contribution in [2.24, 2.45) is 0 Å². The van der Waals surface area contributed by atoms with Crippen molar-refractivity contribution in [1.82, 2.24) is 0 Å². The predicted octanol–water partition coefficient (Wildman–Crippen LogP) is 6.91. The van der Waals surface area contributed by atoms with Gasteiger partial charge in [-0.05, 0) is 86.0 Å². The molecule has 6 aliphatic rings. The van der Waals surface area contributed by atoms with E-state index in [-0.39, 0.29) is 99.1 Å². The lowest BCUT2D eigenvalue weighted by Gasteiger charge is -2.31. The molecule has 11 rings (SSSR count). The maximum absolute atomic E-state index is 12.5. The molecular weight excluding hydrogens is 981 g/mol. The Bertz CT molecular complexity index is 2610. The summed E-state index contributed by atoms with van der Waals surface area (Å²) in [5.74, 6) is 0.964. The molecule has 0 aromatic heterocycles. The van der Waals surface area contributed by atoms with Gasteiger partial charge in [0.15, 0.2) is 0 Å². The summed E-state index contributed by atoms with van der Waals surface area (Å²) >= 11 is 0. The van der Waals surface area contributed by atoms with E-state index in [1.165, 1.54) is 34.6 Å². The van der Waals surface area contributed by atoms with Gasteiger partial charge in [-0.1, -0.05) is 0 Å². The van der Waals surface area contributed by atoms with Gasteiger partial charge in [-0.2, -0.15) is 0 Å². The largest absolute Gasteiger partial charge is 0.461 e. The average Bonchev–Trinajstić information content (AvgIpc) is 3.32. The Morgan fingerprint density at radius 1 is 0.280 bits per heavy atom. The average molecular weight is 1030 g/mol.